The summed E-state index contributed by atoms with van der Waals surface area (Å²) < 4.78 is 35.1. The van der Waals surface area contributed by atoms with Crippen molar-refractivity contribution in [3.8, 4) is 5.75 Å². The number of anilines is 1. The van der Waals surface area contributed by atoms with Crippen molar-refractivity contribution in [1.29, 1.82) is 0 Å². The zero-order chi connectivity index (χ0) is 28.9. The first-order valence-electron chi connectivity index (χ1n) is 13.8. The van der Waals surface area contributed by atoms with Crippen molar-refractivity contribution < 1.29 is 22.5 Å². The van der Waals surface area contributed by atoms with Gasteiger partial charge in [-0.05, 0) is 78.8 Å². The van der Waals surface area contributed by atoms with Crippen molar-refractivity contribution in [1.82, 2.24) is 19.3 Å². The van der Waals surface area contributed by atoms with Gasteiger partial charge in [0.2, 0.25) is 0 Å². The highest BCUT2D eigenvalue weighted by molar-refractivity contribution is 7.84. The van der Waals surface area contributed by atoms with Gasteiger partial charge in [-0.15, -0.1) is 5.10 Å². The highest BCUT2D eigenvalue weighted by Gasteiger charge is 2.33. The fourth-order valence-electron chi connectivity index (χ4n) is 5.89. The Bertz CT molecular complexity index is 1770. The highest BCUT2D eigenvalue weighted by atomic mass is 32.2. The van der Waals surface area contributed by atoms with E-state index in [4.69, 9.17) is 4.18 Å². The van der Waals surface area contributed by atoms with Crippen LogP contribution < -0.4 is 9.08 Å². The van der Waals surface area contributed by atoms with Crippen molar-refractivity contribution in [3.05, 3.63) is 81.9 Å². The quantitative estimate of drug-likeness (QED) is 0.371. The molecule has 0 spiro atoms. The molecule has 0 amide bonds. The lowest BCUT2D eigenvalue weighted by molar-refractivity contribution is -0.137. The molecule has 0 radical (unpaired) electrons. The van der Waals surface area contributed by atoms with Gasteiger partial charge in [-0.2, -0.15) is 12.7 Å². The number of hydrogen-bond acceptors (Lipinski definition) is 7. The van der Waals surface area contributed by atoms with Crippen LogP contribution in [0.5, 0.6) is 5.75 Å². The molecule has 7 rings (SSSR count). The first kappa shape index (κ1) is 27.2. The number of aromatic nitrogens is 3. The number of carboxylic acid groups (broad SMARTS) is 1. The third kappa shape index (κ3) is 5.15. The lowest BCUT2D eigenvalue weighted by Gasteiger charge is -2.30. The minimum absolute atomic E-state index is 0.105. The van der Waals surface area contributed by atoms with E-state index < -0.39 is 22.2 Å². The van der Waals surface area contributed by atoms with E-state index in [1.807, 2.05) is 68.0 Å². The molecule has 1 N–H and O–H groups in total. The summed E-state index contributed by atoms with van der Waals surface area (Å²) in [6.07, 6.45) is 1.72. The topological polar surface area (TPSA) is 118 Å². The van der Waals surface area contributed by atoms with Crippen LogP contribution in [0.2, 0.25) is 0 Å². The molecule has 0 aliphatic carbocycles. The summed E-state index contributed by atoms with van der Waals surface area (Å²) in [5, 5.41) is 18.8. The normalized spacial score (nSPS) is 20.3. The van der Waals surface area contributed by atoms with Crippen LogP contribution in [-0.2, 0) is 34.7 Å². The van der Waals surface area contributed by atoms with Crippen LogP contribution in [0.25, 0.3) is 11.0 Å². The molecular weight excluding hydrogens is 542 g/mol. The van der Waals surface area contributed by atoms with Gasteiger partial charge in [-0.1, -0.05) is 29.5 Å². The van der Waals surface area contributed by atoms with Crippen LogP contribution in [0.1, 0.15) is 58.6 Å². The number of carbonyl (C=O) groups is 1. The first-order chi connectivity index (χ1) is 19.6. The molecule has 214 valence electrons. The molecule has 3 aliphatic heterocycles. The van der Waals surface area contributed by atoms with Crippen molar-refractivity contribution in [2.24, 2.45) is 0 Å². The second kappa shape index (κ2) is 10.5. The third-order valence-electron chi connectivity index (χ3n) is 8.32. The molecule has 0 fully saturated rings. The molecule has 1 aromatic heterocycles. The number of rotatable bonds is 2. The van der Waals surface area contributed by atoms with Crippen molar-refractivity contribution in [3.63, 3.8) is 0 Å². The molecule has 0 saturated heterocycles. The predicted octanol–water partition coefficient (Wildman–Crippen LogP) is 4.52. The fraction of sp³-hybridized carbons (Fsp3) is 0.367. The smallest absolute Gasteiger partial charge is 0.385 e. The summed E-state index contributed by atoms with van der Waals surface area (Å²) in [5.41, 5.74) is 7.76. The number of benzene rings is 3. The summed E-state index contributed by atoms with van der Waals surface area (Å²) in [6.45, 7) is 5.72. The van der Waals surface area contributed by atoms with Crippen molar-refractivity contribution in [2.45, 2.75) is 58.7 Å². The molecule has 3 aliphatic rings. The molecular formula is C30H33N5O5S. The SMILES string of the molecule is Cc1ccc2cc1CN1Cc3cc(ccc3OS1(=O)=O)N(C)CCCCn1nnc3c(C)c(ccc31)C2CC(=O)O. The average Bonchev–Trinajstić information content (AvgIpc) is 3.34. The minimum Gasteiger partial charge on any atom is -0.481 e. The summed E-state index contributed by atoms with van der Waals surface area (Å²) in [5.74, 6) is -1.01. The standard InChI is InChI=1S/C30H33N5O5S/c1-19-6-7-21-14-22(19)17-34-18-23-15-24(8-11-28(23)40-41(34,38)39)33(3)12-4-5-13-35-27-10-9-25(26(21)16-29(36)37)20(2)30(27)31-32-35/h6-11,14-15,26H,4-5,12-13,16-18H2,1-3H3,(H,36,37). The van der Waals surface area contributed by atoms with Crippen LogP contribution in [0.3, 0.4) is 0 Å². The second-order valence-electron chi connectivity index (χ2n) is 11.0. The fourth-order valence-corrected chi connectivity index (χ4v) is 6.98. The third-order valence-corrected chi connectivity index (χ3v) is 9.60. The van der Waals surface area contributed by atoms with E-state index in [0.717, 1.165) is 69.5 Å². The van der Waals surface area contributed by atoms with E-state index >= 15 is 0 Å². The molecule has 2 atom stereocenters. The molecule has 9 bridgehead atoms. The molecule has 4 aromatic rings. The molecule has 2 unspecified atom stereocenters. The molecule has 4 heterocycles. The zero-order valence-corrected chi connectivity index (χ0v) is 24.2. The first-order valence-corrected chi connectivity index (χ1v) is 15.1. The number of carboxylic acids is 1. The lowest BCUT2D eigenvalue weighted by atomic mass is 9.84. The Labute approximate surface area is 239 Å². The Balaban J connectivity index is 1.48. The number of aryl methyl sites for hydroxylation is 3. The van der Waals surface area contributed by atoms with Crippen molar-refractivity contribution >= 4 is 33.0 Å². The van der Waals surface area contributed by atoms with E-state index in [9.17, 15) is 18.3 Å². The van der Waals surface area contributed by atoms with Crippen LogP contribution in [-0.4, -0.2) is 52.4 Å². The summed E-state index contributed by atoms with van der Waals surface area (Å²) in [6, 6.07) is 15.3. The van der Waals surface area contributed by atoms with Crippen LogP contribution in [0.15, 0.2) is 48.5 Å². The molecule has 11 heteroatoms. The van der Waals surface area contributed by atoms with E-state index in [-0.39, 0.29) is 19.5 Å². The maximum atomic E-state index is 13.2. The van der Waals surface area contributed by atoms with Crippen LogP contribution in [0.4, 0.5) is 5.69 Å². The summed E-state index contributed by atoms with van der Waals surface area (Å²) >= 11 is 0. The maximum absolute atomic E-state index is 13.2. The Morgan fingerprint density at radius 1 is 1.02 bits per heavy atom. The van der Waals surface area contributed by atoms with Gasteiger partial charge < -0.3 is 14.2 Å². The van der Waals surface area contributed by atoms with Gasteiger partial charge in [-0.25, -0.2) is 4.68 Å². The predicted molar refractivity (Wildman–Crippen MR) is 155 cm³/mol. The summed E-state index contributed by atoms with van der Waals surface area (Å²) in [7, 11) is -1.98. The number of fused-ring (bicyclic) bond motifs is 5. The van der Waals surface area contributed by atoms with Gasteiger partial charge in [0, 0.05) is 50.4 Å². The number of aliphatic carboxylic acids is 1. The Kier molecular flexibility index (Phi) is 6.95. The van der Waals surface area contributed by atoms with Gasteiger partial charge >= 0.3 is 16.3 Å². The molecule has 41 heavy (non-hydrogen) atoms. The van der Waals surface area contributed by atoms with Gasteiger partial charge in [0.05, 0.1) is 11.9 Å². The van der Waals surface area contributed by atoms with Gasteiger partial charge in [0.1, 0.15) is 11.3 Å². The number of hydrogen-bond donors (Lipinski definition) is 1. The maximum Gasteiger partial charge on any atom is 0.385 e. The Morgan fingerprint density at radius 2 is 1.80 bits per heavy atom. The number of nitrogens with zero attached hydrogens (tertiary/aromatic N) is 5. The van der Waals surface area contributed by atoms with Gasteiger partial charge in [0.15, 0.2) is 0 Å². The Hall–Kier alpha value is -3.96. The lowest BCUT2D eigenvalue weighted by Crippen LogP contribution is -2.37. The largest absolute Gasteiger partial charge is 0.481 e. The van der Waals surface area contributed by atoms with Gasteiger partial charge in [-0.3, -0.25) is 4.79 Å². The van der Waals surface area contributed by atoms with E-state index in [0.29, 0.717) is 12.3 Å². The molecule has 3 aromatic carbocycles. The molecule has 0 saturated carbocycles. The molecule has 10 nitrogen and oxygen atoms in total. The Morgan fingerprint density at radius 3 is 2.61 bits per heavy atom. The van der Waals surface area contributed by atoms with E-state index in [1.54, 1.807) is 6.07 Å². The van der Waals surface area contributed by atoms with E-state index in [1.165, 1.54) is 4.31 Å². The minimum atomic E-state index is -4.01. The van der Waals surface area contributed by atoms with Gasteiger partial charge in [0.25, 0.3) is 0 Å². The summed E-state index contributed by atoms with van der Waals surface area (Å²) in [4.78, 5) is 14.2. The highest BCUT2D eigenvalue weighted by Crippen LogP contribution is 2.36. The monoisotopic (exact) mass is 575 g/mol. The second-order valence-corrected chi connectivity index (χ2v) is 12.6. The van der Waals surface area contributed by atoms with Crippen molar-refractivity contribution in [2.75, 3.05) is 18.5 Å². The van der Waals surface area contributed by atoms with Crippen LogP contribution >= 0.6 is 0 Å². The van der Waals surface area contributed by atoms with Crippen LogP contribution in [0, 0.1) is 13.8 Å². The average molecular weight is 576 g/mol. The zero-order valence-electron chi connectivity index (χ0n) is 23.4. The van der Waals surface area contributed by atoms with E-state index in [2.05, 4.69) is 15.2 Å².